The fourth-order valence-electron chi connectivity index (χ4n) is 10.3. The van der Waals surface area contributed by atoms with E-state index in [0.717, 1.165) is 53.3 Å². The van der Waals surface area contributed by atoms with Crippen LogP contribution < -0.4 is 0 Å². The summed E-state index contributed by atoms with van der Waals surface area (Å²) < 4.78 is 0. The number of hydrogen-bond donors (Lipinski definition) is 1. The van der Waals surface area contributed by atoms with Crippen molar-refractivity contribution in [1.82, 2.24) is 0 Å². The average molecular weight is 256 g/mol. The second kappa shape index (κ2) is 2.45. The first-order valence-corrected chi connectivity index (χ1v) is 8.95. The molecule has 1 nitrogen and oxygen atoms in total. The van der Waals surface area contributed by atoms with Crippen molar-refractivity contribution in [2.45, 2.75) is 50.5 Å². The van der Waals surface area contributed by atoms with E-state index in [1.807, 2.05) is 0 Å². The zero-order valence-electron chi connectivity index (χ0n) is 11.6. The molecule has 11 bridgehead atoms. The van der Waals surface area contributed by atoms with Gasteiger partial charge in [0.15, 0.2) is 0 Å². The van der Waals surface area contributed by atoms with Crippen LogP contribution in [0.25, 0.3) is 0 Å². The predicted octanol–water partition coefficient (Wildman–Crippen LogP) is 3.08. The Morgan fingerprint density at radius 2 is 1.26 bits per heavy atom. The fraction of sp³-hybridized carbons (Fsp3) is 1.00. The maximum absolute atomic E-state index is 11.9. The molecule has 19 heavy (non-hydrogen) atoms. The summed E-state index contributed by atoms with van der Waals surface area (Å²) in [5.74, 6) is 8.48. The van der Waals surface area contributed by atoms with Gasteiger partial charge in [-0.3, -0.25) is 0 Å². The standard InChI is InChI=1S/C18H24O/c19-18-14-3-8-1-12-10(14)5-11-13-2-9(4-15(11)18)7-17(18,6-8)16(12)13/h8-16,19H,1-7H2. The Kier molecular flexibility index (Phi) is 1.26. The van der Waals surface area contributed by atoms with Crippen LogP contribution in [-0.4, -0.2) is 10.7 Å². The average Bonchev–Trinajstić information content (AvgIpc) is 2.40. The van der Waals surface area contributed by atoms with Crippen molar-refractivity contribution in [3.8, 4) is 0 Å². The van der Waals surface area contributed by atoms with Crippen LogP contribution in [0.15, 0.2) is 0 Å². The molecule has 0 aliphatic heterocycles. The molecule has 102 valence electrons. The van der Waals surface area contributed by atoms with Crippen molar-refractivity contribution in [3.63, 3.8) is 0 Å². The van der Waals surface area contributed by atoms with E-state index in [1.54, 1.807) is 12.8 Å². The highest BCUT2D eigenvalue weighted by molar-refractivity contribution is 5.32. The van der Waals surface area contributed by atoms with Gasteiger partial charge in [-0.05, 0) is 98.2 Å². The molecule has 1 heteroatoms. The summed E-state index contributed by atoms with van der Waals surface area (Å²) in [5.41, 5.74) is 0.263. The normalized spacial score (nSPS) is 80.4. The number of hydrogen-bond acceptors (Lipinski definition) is 1. The minimum Gasteiger partial charge on any atom is -0.389 e. The van der Waals surface area contributed by atoms with Gasteiger partial charge in [-0.1, -0.05) is 0 Å². The Bertz CT molecular complexity index is 474. The van der Waals surface area contributed by atoms with Crippen molar-refractivity contribution < 1.29 is 5.11 Å². The summed E-state index contributed by atoms with van der Waals surface area (Å²) >= 11 is 0. The molecule has 10 fully saturated rings. The van der Waals surface area contributed by atoms with Crippen LogP contribution in [0, 0.1) is 58.7 Å². The van der Waals surface area contributed by atoms with Crippen molar-refractivity contribution in [3.05, 3.63) is 0 Å². The lowest BCUT2D eigenvalue weighted by Gasteiger charge is -2.85. The molecule has 10 saturated carbocycles. The van der Waals surface area contributed by atoms with Crippen LogP contribution in [0.3, 0.4) is 0 Å². The van der Waals surface area contributed by atoms with E-state index >= 15 is 0 Å². The largest absolute Gasteiger partial charge is 0.389 e. The molecule has 8 unspecified atom stereocenters. The molecular formula is C18H24O. The molecule has 0 heterocycles. The van der Waals surface area contributed by atoms with Gasteiger partial charge in [0, 0.05) is 5.41 Å². The number of rotatable bonds is 0. The third-order valence-electron chi connectivity index (χ3n) is 9.86. The Morgan fingerprint density at radius 3 is 1.84 bits per heavy atom. The molecule has 10 rings (SSSR count). The third kappa shape index (κ3) is 0.698. The van der Waals surface area contributed by atoms with Crippen LogP contribution in [0.4, 0.5) is 0 Å². The monoisotopic (exact) mass is 256 g/mol. The van der Waals surface area contributed by atoms with Gasteiger partial charge in [0.25, 0.3) is 0 Å². The topological polar surface area (TPSA) is 20.2 Å². The molecule has 1 spiro atoms. The first-order valence-electron chi connectivity index (χ1n) is 8.95. The van der Waals surface area contributed by atoms with Gasteiger partial charge in [-0.2, -0.15) is 0 Å². The van der Waals surface area contributed by atoms with Gasteiger partial charge in [-0.25, -0.2) is 0 Å². The molecule has 8 atom stereocenters. The van der Waals surface area contributed by atoms with Crippen LogP contribution in [0.1, 0.15) is 44.9 Å². The minimum atomic E-state index is -0.175. The van der Waals surface area contributed by atoms with Crippen LogP contribution in [-0.2, 0) is 0 Å². The van der Waals surface area contributed by atoms with Crippen LogP contribution in [0.5, 0.6) is 0 Å². The molecule has 0 aromatic carbocycles. The summed E-state index contributed by atoms with van der Waals surface area (Å²) in [4.78, 5) is 0. The van der Waals surface area contributed by atoms with Gasteiger partial charge in [0.05, 0.1) is 5.60 Å². The number of aliphatic hydroxyl groups is 1. The van der Waals surface area contributed by atoms with E-state index in [4.69, 9.17) is 0 Å². The van der Waals surface area contributed by atoms with E-state index < -0.39 is 0 Å². The highest BCUT2D eigenvalue weighted by atomic mass is 16.3. The second-order valence-electron chi connectivity index (χ2n) is 9.69. The van der Waals surface area contributed by atoms with E-state index in [9.17, 15) is 5.11 Å². The first-order chi connectivity index (χ1) is 9.22. The van der Waals surface area contributed by atoms with Gasteiger partial charge in [-0.15, -0.1) is 0 Å². The molecule has 0 saturated heterocycles. The predicted molar refractivity (Wildman–Crippen MR) is 71.1 cm³/mol. The van der Waals surface area contributed by atoms with E-state index in [-0.39, 0.29) is 5.60 Å². The highest BCUT2D eigenvalue weighted by Crippen LogP contribution is 2.85. The summed E-state index contributed by atoms with van der Waals surface area (Å²) in [6.07, 6.45) is 10.3. The van der Waals surface area contributed by atoms with Crippen molar-refractivity contribution >= 4 is 0 Å². The quantitative estimate of drug-likeness (QED) is 0.706. The highest BCUT2D eigenvalue weighted by Gasteiger charge is 2.83. The van der Waals surface area contributed by atoms with Crippen molar-refractivity contribution in [2.24, 2.45) is 58.7 Å². The minimum absolute atomic E-state index is 0.175. The van der Waals surface area contributed by atoms with Gasteiger partial charge < -0.3 is 5.11 Å². The molecule has 1 N–H and O–H groups in total. The van der Waals surface area contributed by atoms with Gasteiger partial charge in [0.1, 0.15) is 0 Å². The van der Waals surface area contributed by atoms with E-state index in [1.165, 1.54) is 32.1 Å². The molecule has 0 amide bonds. The smallest absolute Gasteiger partial charge is 0.0768 e. The van der Waals surface area contributed by atoms with Crippen molar-refractivity contribution in [2.75, 3.05) is 0 Å². The summed E-state index contributed by atoms with van der Waals surface area (Å²) in [6.45, 7) is 0. The summed E-state index contributed by atoms with van der Waals surface area (Å²) in [6, 6.07) is 0. The summed E-state index contributed by atoms with van der Waals surface area (Å²) in [7, 11) is 0. The molecule has 0 aromatic heterocycles. The second-order valence-corrected chi connectivity index (χ2v) is 9.69. The van der Waals surface area contributed by atoms with Gasteiger partial charge in [0.2, 0.25) is 0 Å². The Hall–Kier alpha value is -0.0400. The molecule has 10 aliphatic rings. The Morgan fingerprint density at radius 1 is 0.684 bits per heavy atom. The van der Waals surface area contributed by atoms with Crippen molar-refractivity contribution in [1.29, 1.82) is 0 Å². The molecular weight excluding hydrogens is 232 g/mol. The Labute approximate surface area is 115 Å². The lowest BCUT2D eigenvalue weighted by molar-refractivity contribution is -0.412. The van der Waals surface area contributed by atoms with Crippen LogP contribution in [0.2, 0.25) is 0 Å². The molecule has 0 radical (unpaired) electrons. The van der Waals surface area contributed by atoms with E-state index in [2.05, 4.69) is 0 Å². The lowest BCUT2D eigenvalue weighted by Crippen LogP contribution is -2.85. The molecule has 10 aliphatic carbocycles. The fourth-order valence-corrected chi connectivity index (χ4v) is 10.3. The lowest BCUT2D eigenvalue weighted by atomic mass is 9.20. The van der Waals surface area contributed by atoms with E-state index in [0.29, 0.717) is 5.41 Å². The zero-order valence-corrected chi connectivity index (χ0v) is 11.6. The van der Waals surface area contributed by atoms with Crippen LogP contribution >= 0.6 is 0 Å². The summed E-state index contributed by atoms with van der Waals surface area (Å²) in [5, 5.41) is 11.9. The zero-order chi connectivity index (χ0) is 12.1. The SMILES string of the molecule is OC12C3CC4CC5C3CC3C6CC(CC31)CC2(C4)C56. The maximum atomic E-state index is 11.9. The maximum Gasteiger partial charge on any atom is 0.0768 e. The first kappa shape index (κ1) is 9.82. The third-order valence-corrected chi connectivity index (χ3v) is 9.86. The molecule has 0 aromatic rings. The van der Waals surface area contributed by atoms with Gasteiger partial charge >= 0.3 is 0 Å². The Balaban J connectivity index is 1.59.